The van der Waals surface area contributed by atoms with E-state index in [9.17, 15) is 0 Å². The highest BCUT2D eigenvalue weighted by atomic mass is 32.2. The van der Waals surface area contributed by atoms with Crippen LogP contribution in [0.15, 0.2) is 71.3 Å². The van der Waals surface area contributed by atoms with Crippen LogP contribution in [0.5, 0.6) is 5.75 Å². The minimum Gasteiger partial charge on any atom is -0.494 e. The van der Waals surface area contributed by atoms with Gasteiger partial charge >= 0.3 is 0 Å². The lowest BCUT2D eigenvalue weighted by Crippen LogP contribution is -1.98. The molecule has 0 saturated heterocycles. The highest BCUT2D eigenvalue weighted by Gasteiger charge is 2.13. The molecule has 0 fully saturated rings. The van der Waals surface area contributed by atoms with Crippen LogP contribution in [0, 0.1) is 6.92 Å². The normalized spacial score (nSPS) is 11.0. The Balaban J connectivity index is 1.35. The summed E-state index contributed by atoms with van der Waals surface area (Å²) in [6.07, 6.45) is 3.80. The average molecular weight is 407 g/mol. The number of fused-ring (bicyclic) bond motifs is 1. The minimum atomic E-state index is 0.747. The average Bonchev–Trinajstić information content (AvgIpc) is 3.17. The number of aromatic nitrogens is 2. The van der Waals surface area contributed by atoms with Gasteiger partial charge in [-0.15, -0.1) is 23.1 Å². The Bertz CT molecular complexity index is 1030. The van der Waals surface area contributed by atoms with Crippen molar-refractivity contribution in [2.45, 2.75) is 24.8 Å². The summed E-state index contributed by atoms with van der Waals surface area (Å²) in [5, 5.41) is 4.44. The van der Waals surface area contributed by atoms with Crippen molar-refractivity contribution in [2.75, 3.05) is 12.4 Å². The fraction of sp³-hybridized carbons (Fsp3) is 0.217. The summed E-state index contributed by atoms with van der Waals surface area (Å²) in [6.45, 7) is 2.83. The Kier molecular flexibility index (Phi) is 6.24. The van der Waals surface area contributed by atoms with Crippen LogP contribution in [-0.4, -0.2) is 22.3 Å². The number of nitrogens with zero attached hydrogens (tertiary/aromatic N) is 2. The molecule has 2 aromatic carbocycles. The van der Waals surface area contributed by atoms with Crippen molar-refractivity contribution in [1.82, 2.24) is 9.97 Å². The number of benzene rings is 2. The first-order valence-corrected chi connectivity index (χ1v) is 11.3. The summed E-state index contributed by atoms with van der Waals surface area (Å²) < 4.78 is 5.81. The molecule has 0 unspecified atom stereocenters. The van der Waals surface area contributed by atoms with Crippen molar-refractivity contribution in [3.63, 3.8) is 0 Å². The summed E-state index contributed by atoms with van der Waals surface area (Å²) >= 11 is 3.50. The number of thioether (sulfide) groups is 1. The van der Waals surface area contributed by atoms with E-state index in [1.54, 1.807) is 17.7 Å². The highest BCUT2D eigenvalue weighted by molar-refractivity contribution is 7.99. The molecule has 0 radical (unpaired) electrons. The number of unbranched alkanes of at least 4 members (excludes halogenated alkanes) is 1. The minimum absolute atomic E-state index is 0.747. The van der Waals surface area contributed by atoms with Crippen LogP contribution < -0.4 is 4.74 Å². The van der Waals surface area contributed by atoms with Gasteiger partial charge in [-0.25, -0.2) is 9.97 Å². The molecule has 4 aromatic rings. The second-order valence-corrected chi connectivity index (χ2v) is 8.53. The molecule has 142 valence electrons. The van der Waals surface area contributed by atoms with Crippen molar-refractivity contribution >= 4 is 33.3 Å². The van der Waals surface area contributed by atoms with E-state index in [0.29, 0.717) is 0 Å². The molecule has 3 nitrogen and oxygen atoms in total. The first kappa shape index (κ1) is 19.0. The van der Waals surface area contributed by atoms with Crippen LogP contribution in [0.2, 0.25) is 0 Å². The molecule has 0 aliphatic carbocycles. The maximum Gasteiger partial charge on any atom is 0.128 e. The van der Waals surface area contributed by atoms with Gasteiger partial charge in [0.2, 0.25) is 0 Å². The van der Waals surface area contributed by atoms with Gasteiger partial charge in [-0.05, 0) is 43.2 Å². The first-order valence-electron chi connectivity index (χ1n) is 9.41. The van der Waals surface area contributed by atoms with Gasteiger partial charge in [0.05, 0.1) is 12.0 Å². The molecule has 2 aromatic heterocycles. The van der Waals surface area contributed by atoms with Gasteiger partial charge in [0.25, 0.3) is 0 Å². The molecule has 5 heteroatoms. The molecule has 0 amide bonds. The predicted molar refractivity (Wildman–Crippen MR) is 119 cm³/mol. The van der Waals surface area contributed by atoms with E-state index < -0.39 is 0 Å². The molecule has 0 saturated carbocycles. The third kappa shape index (κ3) is 4.54. The number of rotatable bonds is 8. The molecule has 0 N–H and O–H groups in total. The number of hydrogen-bond donors (Lipinski definition) is 0. The fourth-order valence-corrected chi connectivity index (χ4v) is 4.98. The molecular formula is C23H22N2OS2. The molecule has 0 atom stereocenters. The van der Waals surface area contributed by atoms with E-state index >= 15 is 0 Å². The van der Waals surface area contributed by atoms with Crippen molar-refractivity contribution in [3.05, 3.63) is 71.9 Å². The topological polar surface area (TPSA) is 35.0 Å². The summed E-state index contributed by atoms with van der Waals surface area (Å²) in [6, 6.07) is 18.7. The Morgan fingerprint density at radius 1 is 0.964 bits per heavy atom. The Morgan fingerprint density at radius 2 is 1.79 bits per heavy atom. The Hall–Kier alpha value is -2.37. The van der Waals surface area contributed by atoms with E-state index in [2.05, 4.69) is 58.7 Å². The van der Waals surface area contributed by atoms with Crippen LogP contribution in [0.4, 0.5) is 0 Å². The number of ether oxygens (including phenoxy) is 1. The summed E-state index contributed by atoms with van der Waals surface area (Å²) in [4.78, 5) is 10.1. The number of aryl methyl sites for hydroxylation is 1. The van der Waals surface area contributed by atoms with Crippen LogP contribution in [0.3, 0.4) is 0 Å². The van der Waals surface area contributed by atoms with Crippen LogP contribution in [0.1, 0.15) is 18.4 Å². The van der Waals surface area contributed by atoms with E-state index in [-0.39, 0.29) is 0 Å². The third-order valence-corrected chi connectivity index (χ3v) is 6.45. The predicted octanol–water partition coefficient (Wildman–Crippen LogP) is 6.62. The largest absolute Gasteiger partial charge is 0.494 e. The Morgan fingerprint density at radius 3 is 2.61 bits per heavy atom. The molecule has 4 rings (SSSR count). The molecule has 0 spiro atoms. The third-order valence-electron chi connectivity index (χ3n) is 4.49. The van der Waals surface area contributed by atoms with Crippen LogP contribution >= 0.6 is 23.1 Å². The first-order chi connectivity index (χ1) is 13.8. The second kappa shape index (κ2) is 9.22. The van der Waals surface area contributed by atoms with Gasteiger partial charge in [-0.2, -0.15) is 0 Å². The fourth-order valence-electron chi connectivity index (χ4n) is 2.98. The van der Waals surface area contributed by atoms with E-state index in [4.69, 9.17) is 4.74 Å². The van der Waals surface area contributed by atoms with Crippen molar-refractivity contribution in [3.8, 4) is 16.9 Å². The van der Waals surface area contributed by atoms with E-state index in [0.717, 1.165) is 40.8 Å². The summed E-state index contributed by atoms with van der Waals surface area (Å²) in [7, 11) is 0. The van der Waals surface area contributed by atoms with Gasteiger partial charge in [0, 0.05) is 10.9 Å². The molecule has 0 aliphatic heterocycles. The Labute approximate surface area is 173 Å². The molecule has 0 bridgehead atoms. The van der Waals surface area contributed by atoms with Gasteiger partial charge in [-0.3, -0.25) is 0 Å². The maximum atomic E-state index is 5.81. The molecule has 0 aliphatic rings. The van der Waals surface area contributed by atoms with Crippen molar-refractivity contribution < 1.29 is 4.74 Å². The number of thiophene rings is 1. The molecule has 28 heavy (non-hydrogen) atoms. The zero-order valence-corrected chi connectivity index (χ0v) is 17.4. The molecular weight excluding hydrogens is 384 g/mol. The lowest BCUT2D eigenvalue weighted by atomic mass is 10.1. The van der Waals surface area contributed by atoms with E-state index in [1.807, 2.05) is 30.0 Å². The quantitative estimate of drug-likeness (QED) is 0.187. The van der Waals surface area contributed by atoms with Gasteiger partial charge < -0.3 is 4.74 Å². The number of hydrogen-bond acceptors (Lipinski definition) is 5. The van der Waals surface area contributed by atoms with Crippen LogP contribution in [-0.2, 0) is 0 Å². The SMILES string of the molecule is Cc1ccc(OCCCCSc2ncnc3scc(-c4ccccc4)c23)cc1. The van der Waals surface area contributed by atoms with Gasteiger partial charge in [0.15, 0.2) is 0 Å². The summed E-state index contributed by atoms with van der Waals surface area (Å²) in [5.74, 6) is 1.97. The monoisotopic (exact) mass is 406 g/mol. The lowest BCUT2D eigenvalue weighted by molar-refractivity contribution is 0.310. The second-order valence-electron chi connectivity index (χ2n) is 6.59. The lowest BCUT2D eigenvalue weighted by Gasteiger charge is -2.07. The highest BCUT2D eigenvalue weighted by Crippen LogP contribution is 2.37. The summed E-state index contributed by atoms with van der Waals surface area (Å²) in [5.41, 5.74) is 3.70. The van der Waals surface area contributed by atoms with Crippen LogP contribution in [0.25, 0.3) is 21.3 Å². The van der Waals surface area contributed by atoms with Gasteiger partial charge in [0.1, 0.15) is 21.9 Å². The van der Waals surface area contributed by atoms with Crippen molar-refractivity contribution in [1.29, 1.82) is 0 Å². The maximum absolute atomic E-state index is 5.81. The zero-order valence-electron chi connectivity index (χ0n) is 15.8. The standard InChI is InChI=1S/C23H22N2OS2/c1-17-9-11-19(12-10-17)26-13-5-6-14-27-22-21-20(18-7-3-2-4-8-18)15-28-23(21)25-16-24-22/h2-4,7-12,15-16H,5-6,13-14H2,1H3. The smallest absolute Gasteiger partial charge is 0.128 e. The molecule has 2 heterocycles. The van der Waals surface area contributed by atoms with Gasteiger partial charge in [-0.1, -0.05) is 48.0 Å². The van der Waals surface area contributed by atoms with E-state index in [1.165, 1.54) is 22.1 Å². The van der Waals surface area contributed by atoms with Crippen molar-refractivity contribution in [2.24, 2.45) is 0 Å². The zero-order chi connectivity index (χ0) is 19.2.